The maximum absolute atomic E-state index is 11.4. The Labute approximate surface area is 260 Å². The summed E-state index contributed by atoms with van der Waals surface area (Å²) in [5, 5.41) is 62.7. The van der Waals surface area contributed by atoms with Gasteiger partial charge in [-0.1, -0.05) is 28.0 Å². The lowest BCUT2D eigenvalue weighted by Gasteiger charge is -2.30. The number of aryl methyl sites for hydroxylation is 1. The molecule has 2 aromatic rings. The molecule has 1 heterocycles. The number of rotatable bonds is 9. The van der Waals surface area contributed by atoms with E-state index in [1.165, 1.54) is 24.3 Å². The van der Waals surface area contributed by atoms with Crippen LogP contribution in [0.2, 0.25) is 0 Å². The molecule has 12 heteroatoms. The molecule has 240 valence electrons. The third kappa shape index (κ3) is 9.46. The average Bonchev–Trinajstić information content (AvgIpc) is 3.00. The summed E-state index contributed by atoms with van der Waals surface area (Å²) in [5.41, 5.74) is 2.62. The van der Waals surface area contributed by atoms with Gasteiger partial charge in [-0.05, 0) is 92.3 Å². The van der Waals surface area contributed by atoms with Gasteiger partial charge in [0.25, 0.3) is 0 Å². The van der Waals surface area contributed by atoms with E-state index >= 15 is 0 Å². The first kappa shape index (κ1) is 33.8. The Balaban J connectivity index is 1.55. The smallest absolute Gasteiger partial charge is 0.200 e. The Morgan fingerprint density at radius 2 is 1.58 bits per heavy atom. The molecule has 2 aliphatic rings. The molecule has 43 heavy (non-hydrogen) atoms. The van der Waals surface area contributed by atoms with Crippen LogP contribution in [0.3, 0.4) is 0 Å². The quantitative estimate of drug-likeness (QED) is 0.171. The molecule has 6 N–H and O–H groups in total. The van der Waals surface area contributed by atoms with E-state index in [1.54, 1.807) is 29.0 Å². The van der Waals surface area contributed by atoms with Crippen LogP contribution < -0.4 is 14.2 Å². The summed E-state index contributed by atoms with van der Waals surface area (Å²) in [6, 6.07) is 6.84. The number of phenols is 2. The summed E-state index contributed by atoms with van der Waals surface area (Å²) in [7, 11) is 4.44. The molecule has 0 radical (unpaired) electrons. The van der Waals surface area contributed by atoms with E-state index in [9.17, 15) is 30.6 Å². The van der Waals surface area contributed by atoms with E-state index in [2.05, 4.69) is 0 Å². The first-order valence-corrected chi connectivity index (χ1v) is 17.3. The molecule has 4 rings (SSSR count). The average molecular weight is 641 g/mol. The number of hydrogen-bond donors (Lipinski definition) is 6. The second-order valence-electron chi connectivity index (χ2n) is 11.1. The summed E-state index contributed by atoms with van der Waals surface area (Å²) in [4.78, 5) is 0. The number of methoxy groups -OCH3 is 1. The van der Waals surface area contributed by atoms with Crippen molar-refractivity contribution < 1.29 is 49.6 Å². The van der Waals surface area contributed by atoms with E-state index in [4.69, 9.17) is 18.9 Å². The molecule has 0 aromatic heterocycles. The third-order valence-corrected chi connectivity index (χ3v) is 10.5. The lowest BCUT2D eigenvalue weighted by molar-refractivity contribution is -0.0808. The Morgan fingerprint density at radius 3 is 2.30 bits per heavy atom. The molecule has 10 nitrogen and oxygen atoms in total. The van der Waals surface area contributed by atoms with Crippen molar-refractivity contribution in [3.8, 4) is 28.7 Å². The van der Waals surface area contributed by atoms with Gasteiger partial charge >= 0.3 is 0 Å². The molecule has 0 amide bonds. The topological polar surface area (TPSA) is 158 Å². The van der Waals surface area contributed by atoms with Crippen LogP contribution in [0, 0.1) is 5.92 Å². The highest BCUT2D eigenvalue weighted by molar-refractivity contribution is 8.76. The zero-order chi connectivity index (χ0) is 30.8. The fourth-order valence-corrected chi connectivity index (χ4v) is 8.15. The summed E-state index contributed by atoms with van der Waals surface area (Å²) >= 11 is 0. The molecule has 1 aliphatic heterocycles. The highest BCUT2D eigenvalue weighted by Crippen LogP contribution is 2.40. The van der Waals surface area contributed by atoms with E-state index in [0.29, 0.717) is 35.7 Å². The Kier molecular flexibility index (Phi) is 13.3. The van der Waals surface area contributed by atoms with Crippen LogP contribution in [0.5, 0.6) is 28.7 Å². The van der Waals surface area contributed by atoms with Gasteiger partial charge in [0, 0.05) is 17.4 Å². The number of aromatic hydroxyl groups is 2. The van der Waals surface area contributed by atoms with Gasteiger partial charge in [0.1, 0.15) is 6.79 Å². The summed E-state index contributed by atoms with van der Waals surface area (Å²) in [6.07, 6.45) is 4.61. The van der Waals surface area contributed by atoms with Crippen LogP contribution in [0.4, 0.5) is 0 Å². The van der Waals surface area contributed by atoms with Crippen molar-refractivity contribution in [3.05, 3.63) is 41.0 Å². The third-order valence-electron chi connectivity index (χ3n) is 8.21. The van der Waals surface area contributed by atoms with E-state index in [0.717, 1.165) is 36.8 Å². The van der Waals surface area contributed by atoms with Gasteiger partial charge in [0.2, 0.25) is 5.75 Å². The van der Waals surface area contributed by atoms with E-state index in [-0.39, 0.29) is 41.9 Å². The van der Waals surface area contributed by atoms with Crippen LogP contribution in [-0.4, -0.2) is 81.5 Å². The van der Waals surface area contributed by atoms with Gasteiger partial charge in [-0.15, -0.1) is 0 Å². The number of hydrogen-bond acceptors (Lipinski definition) is 12. The molecule has 4 atom stereocenters. The van der Waals surface area contributed by atoms with Crippen LogP contribution in [0.25, 0.3) is 0 Å². The minimum Gasteiger partial charge on any atom is -0.504 e. The molecule has 0 spiro atoms. The van der Waals surface area contributed by atoms with Gasteiger partial charge in [0.15, 0.2) is 29.8 Å². The summed E-state index contributed by atoms with van der Waals surface area (Å²) in [5.74, 6) is 0.841. The first-order valence-electron chi connectivity index (χ1n) is 14.8. The number of fused-ring (bicyclic) bond motifs is 1. The van der Waals surface area contributed by atoms with Gasteiger partial charge in [-0.2, -0.15) is 0 Å². The molecular formula is C31H44O10S2. The number of benzene rings is 2. The van der Waals surface area contributed by atoms with Crippen molar-refractivity contribution >= 4 is 21.6 Å². The minimum absolute atomic E-state index is 0.0322. The van der Waals surface area contributed by atoms with Crippen LogP contribution >= 0.6 is 21.6 Å². The monoisotopic (exact) mass is 640 g/mol. The van der Waals surface area contributed by atoms with Crippen LogP contribution in [0.1, 0.15) is 61.6 Å². The van der Waals surface area contributed by atoms with Crippen molar-refractivity contribution in [2.75, 3.05) is 26.4 Å². The van der Waals surface area contributed by atoms with Gasteiger partial charge in [-0.3, -0.25) is 0 Å². The summed E-state index contributed by atoms with van der Waals surface area (Å²) in [6.45, 7) is -1.15. The van der Waals surface area contributed by atoms with Crippen molar-refractivity contribution in [2.24, 2.45) is 5.92 Å². The van der Waals surface area contributed by atoms with Gasteiger partial charge < -0.3 is 49.6 Å². The fourth-order valence-electron chi connectivity index (χ4n) is 5.85. The lowest BCUT2D eigenvalue weighted by Crippen LogP contribution is -2.38. The zero-order valence-electron chi connectivity index (χ0n) is 24.5. The number of aliphatic hydroxyl groups excluding tert-OH is 4. The van der Waals surface area contributed by atoms with Crippen LogP contribution in [-0.2, 0) is 23.3 Å². The maximum Gasteiger partial charge on any atom is 0.200 e. The molecule has 1 saturated carbocycles. The summed E-state index contributed by atoms with van der Waals surface area (Å²) < 4.78 is 22.3. The first-order chi connectivity index (χ1) is 20.8. The van der Waals surface area contributed by atoms with Gasteiger partial charge in [-0.25, -0.2) is 0 Å². The Hall–Kier alpha value is -2.06. The van der Waals surface area contributed by atoms with E-state index in [1.807, 2.05) is 6.07 Å². The fraction of sp³-hybridized carbons (Fsp3) is 0.613. The Bertz CT molecular complexity index is 1160. The zero-order valence-corrected chi connectivity index (χ0v) is 26.2. The normalized spacial score (nSPS) is 24.2. The highest BCUT2D eigenvalue weighted by Gasteiger charge is 2.31. The maximum atomic E-state index is 11.4. The minimum atomic E-state index is -0.982. The SMILES string of the molecule is COc1cc(C[C@H]2[C@H](O)C[C@@H](OCO)CCc3cc(OC4CCCCC4)c(O)cc3CSSC[C@@H]2O)cc(OCO)c1O. The molecule has 1 fully saturated rings. The van der Waals surface area contributed by atoms with Crippen molar-refractivity contribution in [2.45, 2.75) is 88.0 Å². The number of aliphatic hydroxyl groups is 4. The standard InChI is InChI=1S/C31H44O10S2/c1-38-29-10-19(11-30(31(29)37)40-18-33)9-24-25(34)14-23(39-17-32)8-7-20-13-28(41-22-5-3-2-4-6-22)26(35)12-21(20)15-42-43-16-27(24)36/h10-13,22-25,27,32-37H,2-9,14-18H2,1H3/t23-,24-,25+,27-/m0/s1. The highest BCUT2D eigenvalue weighted by atomic mass is 33.1. The number of phenolic OH excluding ortho intramolecular Hbond substituents is 2. The Morgan fingerprint density at radius 1 is 0.814 bits per heavy atom. The second kappa shape index (κ2) is 16.9. The van der Waals surface area contributed by atoms with Crippen molar-refractivity contribution in [3.63, 3.8) is 0 Å². The predicted octanol–water partition coefficient (Wildman–Crippen LogP) is 4.28. The van der Waals surface area contributed by atoms with Gasteiger partial charge in [0.05, 0.1) is 31.5 Å². The molecule has 0 bridgehead atoms. The van der Waals surface area contributed by atoms with Crippen molar-refractivity contribution in [1.29, 1.82) is 0 Å². The molecular weight excluding hydrogens is 596 g/mol. The number of ether oxygens (including phenoxy) is 4. The molecule has 2 aromatic carbocycles. The van der Waals surface area contributed by atoms with Crippen LogP contribution in [0.15, 0.2) is 24.3 Å². The molecule has 0 saturated heterocycles. The largest absolute Gasteiger partial charge is 0.504 e. The van der Waals surface area contributed by atoms with E-state index < -0.39 is 37.8 Å². The molecule has 1 aliphatic carbocycles. The molecule has 0 unspecified atom stereocenters. The van der Waals surface area contributed by atoms with Crippen molar-refractivity contribution in [1.82, 2.24) is 0 Å². The second-order valence-corrected chi connectivity index (χ2v) is 13.6. The predicted molar refractivity (Wildman–Crippen MR) is 166 cm³/mol. The lowest BCUT2D eigenvalue weighted by atomic mass is 9.86.